The van der Waals surface area contributed by atoms with Gasteiger partial charge in [0.15, 0.2) is 0 Å². The van der Waals surface area contributed by atoms with Gasteiger partial charge < -0.3 is 9.64 Å². The Labute approximate surface area is 163 Å². The van der Waals surface area contributed by atoms with Crippen LogP contribution >= 0.6 is 0 Å². The Morgan fingerprint density at radius 3 is 2.14 bits per heavy atom. The summed E-state index contributed by atoms with van der Waals surface area (Å²) in [5.74, 6) is -0.370. The van der Waals surface area contributed by atoms with Gasteiger partial charge in [-0.25, -0.2) is 4.79 Å². The van der Waals surface area contributed by atoms with Gasteiger partial charge in [0.2, 0.25) is 0 Å². The van der Waals surface area contributed by atoms with Crippen molar-refractivity contribution < 1.29 is 14.5 Å². The second kappa shape index (κ2) is 9.96. The molecule has 0 bridgehead atoms. The normalized spacial score (nSPS) is 10.6. The van der Waals surface area contributed by atoms with Crippen LogP contribution in [-0.2, 0) is 9.53 Å². The Morgan fingerprint density at radius 2 is 1.64 bits per heavy atom. The lowest BCUT2D eigenvalue weighted by molar-refractivity contribution is -0.384. The Hall–Kier alpha value is -3.55. The molecule has 0 aromatic heterocycles. The van der Waals surface area contributed by atoms with Crippen LogP contribution < -0.4 is 4.90 Å². The minimum atomic E-state index is -0.458. The highest BCUT2D eigenvalue weighted by Crippen LogP contribution is 2.23. The van der Waals surface area contributed by atoms with Gasteiger partial charge in [-0.05, 0) is 49.7 Å². The molecular formula is C20H22N4O4. The average Bonchev–Trinajstić information content (AvgIpc) is 2.69. The van der Waals surface area contributed by atoms with Crippen molar-refractivity contribution in [2.24, 2.45) is 10.2 Å². The highest BCUT2D eigenvalue weighted by Gasteiger charge is 2.05. The number of rotatable bonds is 9. The van der Waals surface area contributed by atoms with Crippen molar-refractivity contribution in [3.8, 4) is 0 Å². The van der Waals surface area contributed by atoms with Crippen LogP contribution in [0.25, 0.3) is 0 Å². The maximum Gasteiger partial charge on any atom is 0.333 e. The first kappa shape index (κ1) is 20.8. The first-order valence-electron chi connectivity index (χ1n) is 8.67. The van der Waals surface area contributed by atoms with Gasteiger partial charge >= 0.3 is 5.97 Å². The van der Waals surface area contributed by atoms with Gasteiger partial charge in [-0.15, -0.1) is 0 Å². The van der Waals surface area contributed by atoms with Crippen LogP contribution in [0.2, 0.25) is 0 Å². The first-order chi connectivity index (χ1) is 13.4. The van der Waals surface area contributed by atoms with Gasteiger partial charge in [-0.2, -0.15) is 10.2 Å². The molecule has 8 heteroatoms. The zero-order valence-corrected chi connectivity index (χ0v) is 15.9. The van der Waals surface area contributed by atoms with Crippen LogP contribution in [0.5, 0.6) is 0 Å². The smallest absolute Gasteiger partial charge is 0.333 e. The van der Waals surface area contributed by atoms with E-state index < -0.39 is 4.92 Å². The minimum absolute atomic E-state index is 0.0146. The maximum atomic E-state index is 11.3. The van der Waals surface area contributed by atoms with E-state index in [0.717, 1.165) is 12.2 Å². The molecule has 0 spiro atoms. The summed E-state index contributed by atoms with van der Waals surface area (Å²) >= 11 is 0. The van der Waals surface area contributed by atoms with E-state index in [1.165, 1.54) is 12.1 Å². The minimum Gasteiger partial charge on any atom is -0.462 e. The molecule has 8 nitrogen and oxygen atoms in total. The summed E-state index contributed by atoms with van der Waals surface area (Å²) in [6.45, 7) is 6.24. The van der Waals surface area contributed by atoms with E-state index in [9.17, 15) is 14.9 Å². The highest BCUT2D eigenvalue weighted by atomic mass is 16.6. The van der Waals surface area contributed by atoms with E-state index in [1.807, 2.05) is 36.2 Å². The molecule has 0 N–H and O–H groups in total. The fourth-order valence-corrected chi connectivity index (χ4v) is 2.25. The Bertz CT molecular complexity index is 861. The van der Waals surface area contributed by atoms with E-state index in [4.69, 9.17) is 4.74 Å². The summed E-state index contributed by atoms with van der Waals surface area (Å²) < 4.78 is 5.07. The van der Waals surface area contributed by atoms with Crippen molar-refractivity contribution in [3.63, 3.8) is 0 Å². The zero-order valence-electron chi connectivity index (χ0n) is 15.9. The number of nitro benzene ring substituents is 1. The van der Waals surface area contributed by atoms with Gasteiger partial charge in [0, 0.05) is 37.0 Å². The van der Waals surface area contributed by atoms with E-state index in [0.29, 0.717) is 30.0 Å². The zero-order chi connectivity index (χ0) is 20.5. The van der Waals surface area contributed by atoms with E-state index in [-0.39, 0.29) is 11.7 Å². The molecular weight excluding hydrogens is 360 g/mol. The van der Waals surface area contributed by atoms with E-state index in [1.54, 1.807) is 19.1 Å². The van der Waals surface area contributed by atoms with Gasteiger partial charge in [0.1, 0.15) is 0 Å². The number of nitrogens with zero attached hydrogens (tertiary/aromatic N) is 4. The van der Waals surface area contributed by atoms with Gasteiger partial charge in [0.25, 0.3) is 5.69 Å². The number of anilines is 1. The molecule has 0 fully saturated rings. The van der Waals surface area contributed by atoms with Crippen molar-refractivity contribution in [1.29, 1.82) is 0 Å². The lowest BCUT2D eigenvalue weighted by atomic mass is 10.2. The molecule has 2 rings (SSSR count). The van der Waals surface area contributed by atoms with Gasteiger partial charge in [0.05, 0.1) is 22.9 Å². The summed E-state index contributed by atoms with van der Waals surface area (Å²) in [4.78, 5) is 23.6. The number of non-ortho nitro benzene ring substituents is 1. The van der Waals surface area contributed by atoms with Crippen molar-refractivity contribution >= 4 is 28.7 Å². The molecule has 146 valence electrons. The number of carbonyl (C=O) groups excluding carboxylic acids is 1. The Kier molecular flexibility index (Phi) is 7.38. The molecule has 0 radical (unpaired) electrons. The quantitative estimate of drug-likeness (QED) is 0.152. The molecule has 0 amide bonds. The third kappa shape index (κ3) is 6.31. The van der Waals surface area contributed by atoms with Crippen LogP contribution in [0.15, 0.2) is 70.9 Å². The molecule has 0 aliphatic rings. The summed E-state index contributed by atoms with van der Waals surface area (Å²) in [5, 5.41) is 18.9. The molecule has 28 heavy (non-hydrogen) atoms. The Balaban J connectivity index is 1.85. The Morgan fingerprint density at radius 1 is 1.11 bits per heavy atom. The lowest BCUT2D eigenvalue weighted by Crippen LogP contribution is -2.20. The number of nitro groups is 1. The van der Waals surface area contributed by atoms with Gasteiger partial charge in [-0.3, -0.25) is 10.1 Å². The lowest BCUT2D eigenvalue weighted by Gasteiger charge is -2.19. The summed E-state index contributed by atoms with van der Waals surface area (Å²) in [6, 6.07) is 13.4. The van der Waals surface area contributed by atoms with E-state index >= 15 is 0 Å². The number of esters is 1. The number of benzene rings is 2. The third-order valence-electron chi connectivity index (χ3n) is 3.85. The molecule has 0 unspecified atom stereocenters. The molecule has 0 saturated carbocycles. The molecule has 2 aromatic rings. The van der Waals surface area contributed by atoms with Crippen molar-refractivity contribution in [2.45, 2.75) is 13.3 Å². The number of azo groups is 1. The molecule has 0 atom stereocenters. The molecule has 0 saturated heterocycles. The summed E-state index contributed by atoms with van der Waals surface area (Å²) in [7, 11) is 1.95. The van der Waals surface area contributed by atoms with Gasteiger partial charge in [-0.1, -0.05) is 6.58 Å². The molecule has 0 aliphatic carbocycles. The number of hydrogen-bond acceptors (Lipinski definition) is 7. The number of ether oxygens (including phenoxy) is 1. The molecule has 2 aromatic carbocycles. The van der Waals surface area contributed by atoms with E-state index in [2.05, 4.69) is 16.8 Å². The average molecular weight is 382 g/mol. The predicted octanol–water partition coefficient (Wildman–Crippen LogP) is 4.96. The number of carbonyl (C=O) groups is 1. The monoisotopic (exact) mass is 382 g/mol. The highest BCUT2D eigenvalue weighted by molar-refractivity contribution is 5.86. The summed E-state index contributed by atoms with van der Waals surface area (Å²) in [6.07, 6.45) is 0.705. The van der Waals surface area contributed by atoms with Crippen molar-refractivity contribution in [1.82, 2.24) is 0 Å². The topological polar surface area (TPSA) is 97.4 Å². The third-order valence-corrected chi connectivity index (χ3v) is 3.85. The van der Waals surface area contributed by atoms with Crippen LogP contribution in [0.3, 0.4) is 0 Å². The largest absolute Gasteiger partial charge is 0.462 e. The predicted molar refractivity (Wildman–Crippen MR) is 107 cm³/mol. The first-order valence-corrected chi connectivity index (χ1v) is 8.67. The van der Waals surface area contributed by atoms with Crippen molar-refractivity contribution in [2.75, 3.05) is 25.1 Å². The standard InChI is InChI=1S/C20H22N4O4/c1-15(2)20(25)28-14-4-13-23(3)18-9-5-16(6-10-18)21-22-17-7-11-19(12-8-17)24(26)27/h5-12H,1,4,13-14H2,2-3H3. The number of hydrogen-bond donors (Lipinski definition) is 0. The van der Waals surface area contributed by atoms with Crippen LogP contribution in [0.1, 0.15) is 13.3 Å². The maximum absolute atomic E-state index is 11.3. The van der Waals surface area contributed by atoms with Crippen LogP contribution in [-0.4, -0.2) is 31.1 Å². The second-order valence-electron chi connectivity index (χ2n) is 6.18. The SMILES string of the molecule is C=C(C)C(=O)OCCCN(C)c1ccc(N=Nc2ccc([N+](=O)[O-])cc2)cc1. The fraction of sp³-hybridized carbons (Fsp3) is 0.250. The summed E-state index contributed by atoms with van der Waals surface area (Å²) in [5.41, 5.74) is 2.62. The second-order valence-corrected chi connectivity index (χ2v) is 6.18. The fourth-order valence-electron chi connectivity index (χ4n) is 2.25. The molecule has 0 aliphatic heterocycles. The molecule has 0 heterocycles. The van der Waals surface area contributed by atoms with Crippen LogP contribution in [0, 0.1) is 10.1 Å². The van der Waals surface area contributed by atoms with Crippen molar-refractivity contribution in [3.05, 3.63) is 70.8 Å². The van der Waals surface area contributed by atoms with Crippen LogP contribution in [0.4, 0.5) is 22.7 Å².